The molecule has 3 aromatic rings. The number of hydrogen-bond donors (Lipinski definition) is 1. The number of carbonyl (C=O) groups is 1. The number of sulfone groups is 1. The molecule has 30 heavy (non-hydrogen) atoms. The summed E-state index contributed by atoms with van der Waals surface area (Å²) >= 11 is 6.08. The number of rotatable bonds is 5. The van der Waals surface area contributed by atoms with E-state index in [1.165, 1.54) is 30.5 Å². The molecule has 1 aliphatic heterocycles. The summed E-state index contributed by atoms with van der Waals surface area (Å²) < 4.78 is 29.8. The van der Waals surface area contributed by atoms with E-state index >= 15 is 0 Å². The SMILES string of the molecule is Cn1ncc(Cl)c1CNC(=O)c1cc(S(=O)(=O)c2cccc(C#N)c2)c2n1CCC2. The smallest absolute Gasteiger partial charge is 0.268 e. The fraction of sp³-hybridized carbons (Fsp3) is 0.250. The lowest BCUT2D eigenvalue weighted by atomic mass is 10.2. The Morgan fingerprint density at radius 2 is 2.17 bits per heavy atom. The highest BCUT2D eigenvalue weighted by Crippen LogP contribution is 2.32. The Hall–Kier alpha value is -3.09. The molecule has 0 radical (unpaired) electrons. The Morgan fingerprint density at radius 1 is 1.37 bits per heavy atom. The van der Waals surface area contributed by atoms with E-state index in [4.69, 9.17) is 16.9 Å². The van der Waals surface area contributed by atoms with Crippen molar-refractivity contribution in [3.8, 4) is 6.07 Å². The van der Waals surface area contributed by atoms with E-state index < -0.39 is 9.84 Å². The lowest BCUT2D eigenvalue weighted by Crippen LogP contribution is -2.26. The predicted octanol–water partition coefficient (Wildman–Crippen LogP) is 2.46. The minimum Gasteiger partial charge on any atom is -0.345 e. The van der Waals surface area contributed by atoms with E-state index in [0.29, 0.717) is 29.4 Å². The van der Waals surface area contributed by atoms with E-state index in [1.54, 1.807) is 22.4 Å². The van der Waals surface area contributed by atoms with Crippen LogP contribution in [0.2, 0.25) is 5.02 Å². The monoisotopic (exact) mass is 443 g/mol. The lowest BCUT2D eigenvalue weighted by molar-refractivity contribution is 0.0941. The van der Waals surface area contributed by atoms with Crippen LogP contribution < -0.4 is 5.32 Å². The minimum absolute atomic E-state index is 0.0375. The first kappa shape index (κ1) is 20.2. The van der Waals surface area contributed by atoms with Gasteiger partial charge in [0, 0.05) is 19.3 Å². The van der Waals surface area contributed by atoms with Crippen molar-refractivity contribution in [1.29, 1.82) is 5.26 Å². The van der Waals surface area contributed by atoms with Gasteiger partial charge in [0.2, 0.25) is 9.84 Å². The van der Waals surface area contributed by atoms with Crippen LogP contribution in [-0.2, 0) is 36.4 Å². The van der Waals surface area contributed by atoms with Gasteiger partial charge < -0.3 is 9.88 Å². The zero-order valence-electron chi connectivity index (χ0n) is 16.1. The van der Waals surface area contributed by atoms with Crippen molar-refractivity contribution in [2.45, 2.75) is 35.7 Å². The molecule has 1 amide bonds. The summed E-state index contributed by atoms with van der Waals surface area (Å²) in [6.45, 7) is 0.735. The third-order valence-electron chi connectivity index (χ3n) is 5.19. The van der Waals surface area contributed by atoms with Gasteiger partial charge in [-0.25, -0.2) is 8.42 Å². The molecule has 0 unspecified atom stereocenters. The average molecular weight is 444 g/mol. The van der Waals surface area contributed by atoms with Crippen LogP contribution in [0.15, 0.2) is 46.3 Å². The van der Waals surface area contributed by atoms with E-state index in [2.05, 4.69) is 10.4 Å². The molecule has 4 rings (SSSR count). The van der Waals surface area contributed by atoms with Crippen LogP contribution in [-0.4, -0.2) is 28.7 Å². The molecule has 0 atom stereocenters. The van der Waals surface area contributed by atoms with Gasteiger partial charge in [-0.05, 0) is 37.1 Å². The number of hydrogen-bond acceptors (Lipinski definition) is 5. The molecule has 8 nitrogen and oxygen atoms in total. The molecule has 1 aliphatic rings. The summed E-state index contributed by atoms with van der Waals surface area (Å²) in [4.78, 5) is 13.0. The highest BCUT2D eigenvalue weighted by Gasteiger charge is 2.31. The van der Waals surface area contributed by atoms with E-state index in [0.717, 1.165) is 6.42 Å². The number of amides is 1. The van der Waals surface area contributed by atoms with E-state index in [1.807, 2.05) is 6.07 Å². The van der Waals surface area contributed by atoms with Crippen molar-refractivity contribution >= 4 is 27.3 Å². The number of nitriles is 1. The van der Waals surface area contributed by atoms with Crippen molar-refractivity contribution in [3.05, 3.63) is 64.2 Å². The summed E-state index contributed by atoms with van der Waals surface area (Å²) in [5, 5.41) is 16.4. The van der Waals surface area contributed by atoms with Gasteiger partial charge in [0.25, 0.3) is 5.91 Å². The topological polar surface area (TPSA) is 110 Å². The highest BCUT2D eigenvalue weighted by atomic mass is 35.5. The zero-order chi connectivity index (χ0) is 21.5. The van der Waals surface area contributed by atoms with Crippen molar-refractivity contribution in [1.82, 2.24) is 19.7 Å². The molecule has 0 bridgehead atoms. The van der Waals surface area contributed by atoms with Crippen molar-refractivity contribution < 1.29 is 13.2 Å². The minimum atomic E-state index is -3.87. The molecule has 3 heterocycles. The summed E-state index contributed by atoms with van der Waals surface area (Å²) in [7, 11) is -2.14. The summed E-state index contributed by atoms with van der Waals surface area (Å²) in [5.74, 6) is -0.386. The van der Waals surface area contributed by atoms with Crippen LogP contribution in [0.25, 0.3) is 0 Å². The van der Waals surface area contributed by atoms with Crippen LogP contribution in [0.5, 0.6) is 0 Å². The van der Waals surface area contributed by atoms with Crippen LogP contribution in [0.3, 0.4) is 0 Å². The number of nitrogens with one attached hydrogen (secondary N) is 1. The predicted molar refractivity (Wildman–Crippen MR) is 109 cm³/mol. The Kier molecular flexibility index (Phi) is 5.13. The maximum Gasteiger partial charge on any atom is 0.268 e. The molecule has 0 aliphatic carbocycles. The van der Waals surface area contributed by atoms with Gasteiger partial charge in [0.1, 0.15) is 5.69 Å². The van der Waals surface area contributed by atoms with Gasteiger partial charge in [-0.1, -0.05) is 17.7 Å². The van der Waals surface area contributed by atoms with Crippen molar-refractivity contribution in [2.75, 3.05) is 0 Å². The van der Waals surface area contributed by atoms with Crippen LogP contribution in [0.4, 0.5) is 0 Å². The summed E-state index contributed by atoms with van der Waals surface area (Å²) in [5.41, 5.74) is 1.81. The Balaban J connectivity index is 1.68. The molecule has 0 fully saturated rings. The normalized spacial score (nSPS) is 13.1. The number of halogens is 1. The molecule has 1 aromatic carbocycles. The van der Waals surface area contributed by atoms with Gasteiger partial charge in [0.15, 0.2) is 0 Å². The first-order chi connectivity index (χ1) is 14.3. The Labute approximate surface area is 178 Å². The molecule has 10 heteroatoms. The van der Waals surface area contributed by atoms with E-state index in [9.17, 15) is 13.2 Å². The van der Waals surface area contributed by atoms with E-state index in [-0.39, 0.29) is 33.5 Å². The van der Waals surface area contributed by atoms with Crippen molar-refractivity contribution in [3.63, 3.8) is 0 Å². The molecule has 154 valence electrons. The lowest BCUT2D eigenvalue weighted by Gasteiger charge is -2.08. The van der Waals surface area contributed by atoms with Crippen LogP contribution >= 0.6 is 11.6 Å². The third-order valence-corrected chi connectivity index (χ3v) is 7.31. The first-order valence-corrected chi connectivity index (χ1v) is 11.1. The zero-order valence-corrected chi connectivity index (χ0v) is 17.7. The van der Waals surface area contributed by atoms with Crippen LogP contribution in [0.1, 0.15) is 33.9 Å². The number of fused-ring (bicyclic) bond motifs is 1. The van der Waals surface area contributed by atoms with Gasteiger partial charge in [0.05, 0.1) is 44.9 Å². The second kappa shape index (κ2) is 7.63. The number of nitrogens with zero attached hydrogens (tertiary/aromatic N) is 4. The largest absolute Gasteiger partial charge is 0.345 e. The number of benzene rings is 1. The average Bonchev–Trinajstić information content (AvgIpc) is 3.42. The van der Waals surface area contributed by atoms with Gasteiger partial charge >= 0.3 is 0 Å². The summed E-state index contributed by atoms with van der Waals surface area (Å²) in [6.07, 6.45) is 2.82. The van der Waals surface area contributed by atoms with Crippen molar-refractivity contribution in [2.24, 2.45) is 7.05 Å². The Bertz CT molecular complexity index is 1280. The Morgan fingerprint density at radius 3 is 2.87 bits per heavy atom. The number of carbonyl (C=O) groups excluding carboxylic acids is 1. The first-order valence-electron chi connectivity index (χ1n) is 9.25. The van der Waals surface area contributed by atoms with Crippen LogP contribution in [0, 0.1) is 11.3 Å². The van der Waals surface area contributed by atoms with Gasteiger partial charge in [-0.15, -0.1) is 0 Å². The standard InChI is InChI=1S/C20H18ClN5O3S/c1-25-18(15(21)11-24-25)12-23-20(27)17-9-19(16-6-3-7-26(16)17)30(28,29)14-5-2-4-13(8-14)10-22/h2,4-5,8-9,11H,3,6-7,12H2,1H3,(H,23,27). The number of aromatic nitrogens is 3. The number of aryl methyl sites for hydroxylation is 1. The molecular formula is C20H18ClN5O3S. The molecule has 0 saturated heterocycles. The second-order valence-electron chi connectivity index (χ2n) is 6.98. The highest BCUT2D eigenvalue weighted by molar-refractivity contribution is 7.91. The molecular weight excluding hydrogens is 426 g/mol. The maximum atomic E-state index is 13.2. The van der Waals surface area contributed by atoms with Gasteiger partial charge in [-0.2, -0.15) is 10.4 Å². The molecule has 1 N–H and O–H groups in total. The molecule has 2 aromatic heterocycles. The fourth-order valence-corrected chi connectivity index (χ4v) is 5.47. The molecule has 0 spiro atoms. The summed E-state index contributed by atoms with van der Waals surface area (Å²) in [6, 6.07) is 9.26. The fourth-order valence-electron chi connectivity index (χ4n) is 3.65. The quantitative estimate of drug-likeness (QED) is 0.651. The maximum absolute atomic E-state index is 13.2. The second-order valence-corrected chi connectivity index (χ2v) is 9.31. The third kappa shape index (κ3) is 3.38. The van der Waals surface area contributed by atoms with Gasteiger partial charge in [-0.3, -0.25) is 9.48 Å². The molecule has 0 saturated carbocycles.